The number of aryl methyl sites for hydroxylation is 1. The van der Waals surface area contributed by atoms with Crippen LogP contribution in [-0.4, -0.2) is 24.4 Å². The molecule has 15 heavy (non-hydrogen) atoms. The zero-order chi connectivity index (χ0) is 11.3. The van der Waals surface area contributed by atoms with Gasteiger partial charge in [0.05, 0.1) is 6.54 Å². The highest BCUT2D eigenvalue weighted by Gasteiger charge is 2.04. The fourth-order valence-electron chi connectivity index (χ4n) is 1.35. The lowest BCUT2D eigenvalue weighted by Crippen LogP contribution is -2.38. The van der Waals surface area contributed by atoms with E-state index in [4.69, 9.17) is 5.84 Å². The molecule has 0 unspecified atom stereocenters. The molecule has 0 fully saturated rings. The lowest BCUT2D eigenvalue weighted by Gasteiger charge is -2.15. The fourth-order valence-corrected chi connectivity index (χ4v) is 1.35. The van der Waals surface area contributed by atoms with Gasteiger partial charge in [-0.2, -0.15) is 0 Å². The number of benzene rings is 1. The van der Waals surface area contributed by atoms with Crippen LogP contribution in [0.3, 0.4) is 0 Å². The molecule has 4 heteroatoms. The summed E-state index contributed by atoms with van der Waals surface area (Å²) in [4.78, 5) is 12.9. The smallest absolute Gasteiger partial charge is 0.248 e. The predicted octanol–water partition coefficient (Wildman–Crippen LogP) is 0.417. The number of likely N-dealkylation sites (N-methyl/N-ethyl adjacent to an activating group) is 1. The standard InChI is InChI=1S/C11H17N3O/c1-9-3-5-10(6-4-9)7-14(2)8-11(15)13-12/h3-6H,7-8,12H2,1-2H3,(H,13,15). The Kier molecular flexibility index (Phi) is 4.27. The van der Waals surface area contributed by atoms with E-state index < -0.39 is 0 Å². The monoisotopic (exact) mass is 207 g/mol. The van der Waals surface area contributed by atoms with Crippen LogP contribution in [0, 0.1) is 6.92 Å². The molecule has 0 saturated heterocycles. The minimum absolute atomic E-state index is 0.176. The molecule has 0 bridgehead atoms. The van der Waals surface area contributed by atoms with Gasteiger partial charge in [-0.15, -0.1) is 0 Å². The van der Waals surface area contributed by atoms with E-state index in [1.54, 1.807) is 0 Å². The molecule has 82 valence electrons. The second-order valence-electron chi connectivity index (χ2n) is 3.73. The molecule has 0 atom stereocenters. The molecule has 0 aliphatic carbocycles. The molecular formula is C11H17N3O. The van der Waals surface area contributed by atoms with Crippen molar-refractivity contribution in [3.05, 3.63) is 35.4 Å². The predicted molar refractivity (Wildman–Crippen MR) is 59.8 cm³/mol. The second-order valence-corrected chi connectivity index (χ2v) is 3.73. The summed E-state index contributed by atoms with van der Waals surface area (Å²) in [7, 11) is 1.88. The van der Waals surface area contributed by atoms with Crippen molar-refractivity contribution in [2.24, 2.45) is 5.84 Å². The molecule has 3 N–H and O–H groups in total. The Labute approximate surface area is 90.0 Å². The van der Waals surface area contributed by atoms with Gasteiger partial charge in [0.25, 0.3) is 0 Å². The Hall–Kier alpha value is -1.39. The third-order valence-corrected chi connectivity index (χ3v) is 2.15. The first-order chi connectivity index (χ1) is 7.11. The van der Waals surface area contributed by atoms with Crippen LogP contribution in [0.15, 0.2) is 24.3 Å². The normalized spacial score (nSPS) is 10.4. The molecule has 0 saturated carbocycles. The molecule has 4 nitrogen and oxygen atoms in total. The van der Waals surface area contributed by atoms with Gasteiger partial charge in [0, 0.05) is 6.54 Å². The average molecular weight is 207 g/mol. The van der Waals surface area contributed by atoms with Gasteiger partial charge in [0.1, 0.15) is 0 Å². The lowest BCUT2D eigenvalue weighted by atomic mass is 10.1. The second kappa shape index (κ2) is 5.48. The van der Waals surface area contributed by atoms with Crippen molar-refractivity contribution in [3.8, 4) is 0 Å². The number of nitrogens with one attached hydrogen (secondary N) is 1. The Morgan fingerprint density at radius 2 is 2.00 bits per heavy atom. The summed E-state index contributed by atoms with van der Waals surface area (Å²) in [6, 6.07) is 8.25. The summed E-state index contributed by atoms with van der Waals surface area (Å²) in [5, 5.41) is 0. The number of amides is 1. The van der Waals surface area contributed by atoms with E-state index >= 15 is 0 Å². The molecular weight excluding hydrogens is 190 g/mol. The highest BCUT2D eigenvalue weighted by Crippen LogP contribution is 2.05. The van der Waals surface area contributed by atoms with Gasteiger partial charge < -0.3 is 0 Å². The van der Waals surface area contributed by atoms with Crippen molar-refractivity contribution < 1.29 is 4.79 Å². The Balaban J connectivity index is 2.47. The third-order valence-electron chi connectivity index (χ3n) is 2.15. The first-order valence-electron chi connectivity index (χ1n) is 4.85. The van der Waals surface area contributed by atoms with Gasteiger partial charge in [-0.3, -0.25) is 15.1 Å². The van der Waals surface area contributed by atoms with Crippen LogP contribution < -0.4 is 11.3 Å². The van der Waals surface area contributed by atoms with Crippen molar-refractivity contribution in [2.75, 3.05) is 13.6 Å². The number of hydrogen-bond acceptors (Lipinski definition) is 3. The average Bonchev–Trinajstić information content (AvgIpc) is 2.21. The molecule has 0 aliphatic heterocycles. The maximum atomic E-state index is 11.0. The highest BCUT2D eigenvalue weighted by molar-refractivity contribution is 5.77. The van der Waals surface area contributed by atoms with E-state index in [0.717, 1.165) is 6.54 Å². The van der Waals surface area contributed by atoms with Crippen LogP contribution in [0.5, 0.6) is 0 Å². The van der Waals surface area contributed by atoms with Gasteiger partial charge in [-0.1, -0.05) is 29.8 Å². The van der Waals surface area contributed by atoms with Gasteiger partial charge in [-0.05, 0) is 19.5 Å². The number of nitrogens with two attached hydrogens (primary N) is 1. The summed E-state index contributed by atoms with van der Waals surface area (Å²) in [5.41, 5.74) is 4.54. The maximum Gasteiger partial charge on any atom is 0.248 e. The van der Waals surface area contributed by atoms with E-state index in [0.29, 0.717) is 6.54 Å². The number of carbonyl (C=O) groups is 1. The summed E-state index contributed by atoms with van der Waals surface area (Å²) >= 11 is 0. The van der Waals surface area contributed by atoms with Crippen molar-refractivity contribution in [1.29, 1.82) is 0 Å². The van der Waals surface area contributed by atoms with Gasteiger partial charge >= 0.3 is 0 Å². The zero-order valence-electron chi connectivity index (χ0n) is 9.16. The molecule has 0 heterocycles. The van der Waals surface area contributed by atoms with E-state index in [-0.39, 0.29) is 5.91 Å². The number of carbonyl (C=O) groups excluding carboxylic acids is 1. The first-order valence-corrected chi connectivity index (χ1v) is 4.85. The van der Waals surface area contributed by atoms with Crippen LogP contribution in [0.4, 0.5) is 0 Å². The van der Waals surface area contributed by atoms with Crippen LogP contribution in [0.1, 0.15) is 11.1 Å². The minimum Gasteiger partial charge on any atom is -0.293 e. The van der Waals surface area contributed by atoms with E-state index in [1.807, 2.05) is 11.9 Å². The Bertz CT molecular complexity index is 321. The topological polar surface area (TPSA) is 58.4 Å². The van der Waals surface area contributed by atoms with Crippen LogP contribution in [0.25, 0.3) is 0 Å². The molecule has 0 spiro atoms. The van der Waals surface area contributed by atoms with Gasteiger partial charge in [0.2, 0.25) is 5.91 Å². The number of hydrazine groups is 1. The first kappa shape index (κ1) is 11.7. The molecule has 0 aliphatic rings. The van der Waals surface area contributed by atoms with Crippen LogP contribution >= 0.6 is 0 Å². The largest absolute Gasteiger partial charge is 0.293 e. The van der Waals surface area contributed by atoms with Crippen molar-refractivity contribution in [1.82, 2.24) is 10.3 Å². The highest BCUT2D eigenvalue weighted by atomic mass is 16.2. The van der Waals surface area contributed by atoms with Crippen LogP contribution in [0.2, 0.25) is 0 Å². The SMILES string of the molecule is Cc1ccc(CN(C)CC(=O)NN)cc1. The fraction of sp³-hybridized carbons (Fsp3) is 0.364. The zero-order valence-corrected chi connectivity index (χ0v) is 9.16. The molecule has 1 aromatic rings. The van der Waals surface area contributed by atoms with E-state index in [9.17, 15) is 4.79 Å². The molecule has 1 rings (SSSR count). The van der Waals surface area contributed by atoms with Gasteiger partial charge in [-0.25, -0.2) is 5.84 Å². The van der Waals surface area contributed by atoms with E-state index in [1.165, 1.54) is 11.1 Å². The summed E-state index contributed by atoms with van der Waals surface area (Å²) < 4.78 is 0. The Morgan fingerprint density at radius 3 is 2.53 bits per heavy atom. The quantitative estimate of drug-likeness (QED) is 0.427. The van der Waals surface area contributed by atoms with Crippen molar-refractivity contribution >= 4 is 5.91 Å². The molecule has 1 amide bonds. The van der Waals surface area contributed by atoms with Crippen molar-refractivity contribution in [2.45, 2.75) is 13.5 Å². The van der Waals surface area contributed by atoms with Gasteiger partial charge in [0.15, 0.2) is 0 Å². The van der Waals surface area contributed by atoms with E-state index in [2.05, 4.69) is 36.6 Å². The number of rotatable bonds is 4. The number of nitrogens with zero attached hydrogens (tertiary/aromatic N) is 1. The third kappa shape index (κ3) is 4.10. The summed E-state index contributed by atoms with van der Waals surface area (Å²) in [6.45, 7) is 3.10. The lowest BCUT2D eigenvalue weighted by molar-refractivity contribution is -0.122. The Morgan fingerprint density at radius 1 is 1.40 bits per heavy atom. The maximum absolute atomic E-state index is 11.0. The molecule has 1 aromatic carbocycles. The summed E-state index contributed by atoms with van der Waals surface area (Å²) in [6.07, 6.45) is 0. The molecule has 0 aromatic heterocycles. The van der Waals surface area contributed by atoms with Crippen molar-refractivity contribution in [3.63, 3.8) is 0 Å². The molecule has 0 radical (unpaired) electrons. The summed E-state index contributed by atoms with van der Waals surface area (Å²) in [5.74, 6) is 4.83. The minimum atomic E-state index is -0.176. The van der Waals surface area contributed by atoms with Crippen LogP contribution in [-0.2, 0) is 11.3 Å². The number of hydrogen-bond donors (Lipinski definition) is 2.